The van der Waals surface area contributed by atoms with Crippen LogP contribution in [-0.2, 0) is 0 Å². The topological polar surface area (TPSA) is 7.60 Å². The second kappa shape index (κ2) is 3.31. The fourth-order valence-corrected chi connectivity index (χ4v) is 3.13. The second-order valence-corrected chi connectivity index (χ2v) is 4.68. The molecule has 2 bridgehead atoms. The third kappa shape index (κ3) is 1.46. The van der Waals surface area contributed by atoms with Crippen molar-refractivity contribution in [3.63, 3.8) is 0 Å². The molecule has 0 aromatic carbocycles. The van der Waals surface area contributed by atoms with Crippen molar-refractivity contribution in [3.8, 4) is 0 Å². The Bertz CT molecular complexity index is 215. The van der Waals surface area contributed by atoms with E-state index in [9.17, 15) is 0 Å². The summed E-state index contributed by atoms with van der Waals surface area (Å²) in [7, 11) is 0. The fraction of sp³-hybridized carbons (Fsp3) is 0.909. The summed E-state index contributed by atoms with van der Waals surface area (Å²) in [5.74, 6) is 0. The molecule has 2 unspecified atom stereocenters. The first-order valence-electron chi connectivity index (χ1n) is 5.36. The van der Waals surface area contributed by atoms with Gasteiger partial charge in [0.1, 0.15) is 0 Å². The Balaban J connectivity index is 2.10. The molecule has 13 heavy (non-hydrogen) atoms. The van der Waals surface area contributed by atoms with Crippen LogP contribution in [0.4, 0.5) is 0 Å². The largest absolute Gasteiger partial charge is 0.314 e. The molecule has 2 rings (SSSR count). The van der Waals surface area contributed by atoms with Crippen LogP contribution in [0.25, 0.3) is 4.85 Å². The smallest absolute Gasteiger partial charge is 0.226 e. The molecular formula is C11H18N2. The maximum absolute atomic E-state index is 7.08. The van der Waals surface area contributed by atoms with Gasteiger partial charge in [0.05, 0.1) is 0 Å². The molecule has 2 aliphatic rings. The molecule has 0 radical (unpaired) electrons. The lowest BCUT2D eigenvalue weighted by molar-refractivity contribution is 0.100. The van der Waals surface area contributed by atoms with E-state index in [4.69, 9.17) is 6.57 Å². The summed E-state index contributed by atoms with van der Waals surface area (Å²) >= 11 is 0. The Morgan fingerprint density at radius 2 is 1.77 bits per heavy atom. The van der Waals surface area contributed by atoms with E-state index in [1.54, 1.807) is 0 Å². The standard InChI is InChI=1S/C11H18N2/c1-8(2)13-10-4-5-11(13)7-9(6-10)12-3/h8-11H,4-7H2,1-2H3. The first-order chi connectivity index (χ1) is 6.22. The van der Waals surface area contributed by atoms with Crippen LogP contribution in [0.1, 0.15) is 39.5 Å². The van der Waals surface area contributed by atoms with Crippen molar-refractivity contribution in [2.45, 2.75) is 63.7 Å². The van der Waals surface area contributed by atoms with Crippen LogP contribution in [-0.4, -0.2) is 29.1 Å². The number of nitrogens with zero attached hydrogens (tertiary/aromatic N) is 2. The lowest BCUT2D eigenvalue weighted by Gasteiger charge is -2.37. The number of hydrogen-bond donors (Lipinski definition) is 0. The van der Waals surface area contributed by atoms with Crippen molar-refractivity contribution in [3.05, 3.63) is 11.4 Å². The highest BCUT2D eigenvalue weighted by Crippen LogP contribution is 2.38. The molecule has 2 heterocycles. The minimum absolute atomic E-state index is 0.326. The zero-order chi connectivity index (χ0) is 9.42. The maximum Gasteiger partial charge on any atom is 0.226 e. The van der Waals surface area contributed by atoms with Gasteiger partial charge in [0, 0.05) is 31.0 Å². The number of fused-ring (bicyclic) bond motifs is 2. The van der Waals surface area contributed by atoms with E-state index in [0.29, 0.717) is 12.1 Å². The molecule has 2 fully saturated rings. The predicted molar refractivity (Wildman–Crippen MR) is 53.4 cm³/mol. The molecule has 0 aromatic rings. The predicted octanol–water partition coefficient (Wildman–Crippen LogP) is 2.31. The quantitative estimate of drug-likeness (QED) is 0.559. The minimum Gasteiger partial charge on any atom is -0.314 e. The van der Waals surface area contributed by atoms with Crippen LogP contribution in [0.2, 0.25) is 0 Å². The second-order valence-electron chi connectivity index (χ2n) is 4.68. The Labute approximate surface area is 80.7 Å². The van der Waals surface area contributed by atoms with Gasteiger partial charge in [-0.25, -0.2) is 6.57 Å². The molecule has 0 aromatic heterocycles. The third-order valence-electron chi connectivity index (χ3n) is 3.54. The summed E-state index contributed by atoms with van der Waals surface area (Å²) in [5, 5.41) is 0. The van der Waals surface area contributed by atoms with Gasteiger partial charge in [-0.2, -0.15) is 0 Å². The van der Waals surface area contributed by atoms with Crippen molar-refractivity contribution in [1.29, 1.82) is 0 Å². The van der Waals surface area contributed by atoms with Crippen LogP contribution in [0.5, 0.6) is 0 Å². The highest BCUT2D eigenvalue weighted by Gasteiger charge is 2.43. The monoisotopic (exact) mass is 178 g/mol. The van der Waals surface area contributed by atoms with E-state index in [1.165, 1.54) is 12.8 Å². The molecule has 0 saturated carbocycles. The summed E-state index contributed by atoms with van der Waals surface area (Å²) in [6.07, 6.45) is 4.90. The summed E-state index contributed by atoms with van der Waals surface area (Å²) in [6, 6.07) is 2.44. The minimum atomic E-state index is 0.326. The Kier molecular flexibility index (Phi) is 2.29. The fourth-order valence-electron chi connectivity index (χ4n) is 3.13. The molecule has 0 amide bonds. The molecule has 2 heteroatoms. The Morgan fingerprint density at radius 3 is 2.15 bits per heavy atom. The molecule has 0 spiro atoms. The first-order valence-corrected chi connectivity index (χ1v) is 5.36. The SMILES string of the molecule is [C-]#[N+]C1CC2CCC(C1)N2C(C)C. The zero-order valence-corrected chi connectivity index (χ0v) is 8.53. The summed E-state index contributed by atoms with van der Waals surface area (Å²) in [5.41, 5.74) is 0. The van der Waals surface area contributed by atoms with Crippen LogP contribution in [0.15, 0.2) is 0 Å². The van der Waals surface area contributed by atoms with Crippen LogP contribution in [0, 0.1) is 6.57 Å². The summed E-state index contributed by atoms with van der Waals surface area (Å²) in [4.78, 5) is 6.35. The van der Waals surface area contributed by atoms with E-state index >= 15 is 0 Å². The molecule has 0 N–H and O–H groups in total. The van der Waals surface area contributed by atoms with E-state index in [-0.39, 0.29) is 0 Å². The van der Waals surface area contributed by atoms with E-state index in [2.05, 4.69) is 23.6 Å². The van der Waals surface area contributed by atoms with Crippen LogP contribution in [0.3, 0.4) is 0 Å². The van der Waals surface area contributed by atoms with Crippen molar-refractivity contribution in [2.75, 3.05) is 0 Å². The van der Waals surface area contributed by atoms with Gasteiger partial charge < -0.3 is 4.85 Å². The molecule has 2 saturated heterocycles. The normalized spacial score (nSPS) is 39.4. The summed E-state index contributed by atoms with van der Waals surface area (Å²) in [6.45, 7) is 11.6. The van der Waals surface area contributed by atoms with Gasteiger partial charge in [-0.05, 0) is 26.7 Å². The van der Waals surface area contributed by atoms with E-state index < -0.39 is 0 Å². The van der Waals surface area contributed by atoms with E-state index in [1.807, 2.05) is 0 Å². The molecular weight excluding hydrogens is 160 g/mol. The average molecular weight is 178 g/mol. The lowest BCUT2D eigenvalue weighted by Crippen LogP contribution is -2.47. The zero-order valence-electron chi connectivity index (χ0n) is 8.53. The maximum atomic E-state index is 7.08. The van der Waals surface area contributed by atoms with Gasteiger partial charge in [-0.3, -0.25) is 4.90 Å². The Morgan fingerprint density at radius 1 is 1.23 bits per heavy atom. The van der Waals surface area contributed by atoms with E-state index in [0.717, 1.165) is 24.9 Å². The van der Waals surface area contributed by atoms with Gasteiger partial charge in [0.15, 0.2) is 0 Å². The summed E-state index contributed by atoms with van der Waals surface area (Å²) < 4.78 is 0. The molecule has 0 aliphatic carbocycles. The van der Waals surface area contributed by atoms with Gasteiger partial charge in [0.2, 0.25) is 6.04 Å². The number of rotatable bonds is 1. The van der Waals surface area contributed by atoms with Crippen molar-refractivity contribution in [2.24, 2.45) is 0 Å². The number of hydrogen-bond acceptors (Lipinski definition) is 1. The van der Waals surface area contributed by atoms with Crippen LogP contribution < -0.4 is 0 Å². The van der Waals surface area contributed by atoms with Gasteiger partial charge >= 0.3 is 0 Å². The van der Waals surface area contributed by atoms with Crippen LogP contribution >= 0.6 is 0 Å². The third-order valence-corrected chi connectivity index (χ3v) is 3.54. The highest BCUT2D eigenvalue weighted by atomic mass is 15.2. The van der Waals surface area contributed by atoms with Gasteiger partial charge in [-0.1, -0.05) is 0 Å². The first kappa shape index (κ1) is 9.02. The van der Waals surface area contributed by atoms with Crippen molar-refractivity contribution in [1.82, 2.24) is 4.90 Å². The van der Waals surface area contributed by atoms with Crippen molar-refractivity contribution >= 4 is 0 Å². The average Bonchev–Trinajstić information content (AvgIpc) is 2.37. The lowest BCUT2D eigenvalue weighted by atomic mass is 9.97. The van der Waals surface area contributed by atoms with Crippen molar-refractivity contribution < 1.29 is 0 Å². The highest BCUT2D eigenvalue weighted by molar-refractivity contribution is 5.01. The molecule has 2 atom stereocenters. The molecule has 2 nitrogen and oxygen atoms in total. The Hall–Kier alpha value is -0.550. The van der Waals surface area contributed by atoms with Gasteiger partial charge in [-0.15, -0.1) is 0 Å². The molecule has 72 valence electrons. The molecule has 2 aliphatic heterocycles. The van der Waals surface area contributed by atoms with Gasteiger partial charge in [0.25, 0.3) is 0 Å². The number of piperidine rings is 1.